The molecule has 0 radical (unpaired) electrons. The average molecular weight is 171 g/mol. The van der Waals surface area contributed by atoms with Gasteiger partial charge in [-0.1, -0.05) is 13.8 Å². The monoisotopic (exact) mass is 171 g/mol. The van der Waals surface area contributed by atoms with E-state index < -0.39 is 0 Å². The second-order valence-electron chi connectivity index (χ2n) is 4.06. The van der Waals surface area contributed by atoms with Crippen molar-refractivity contribution in [1.82, 2.24) is 4.90 Å². The zero-order valence-corrected chi connectivity index (χ0v) is 9.59. The van der Waals surface area contributed by atoms with E-state index in [1.807, 2.05) is 0 Å². The Balaban J connectivity index is 4.21. The Hall–Kier alpha value is -0.0400. The third-order valence-corrected chi connectivity index (χ3v) is 2.80. The fourth-order valence-electron chi connectivity index (χ4n) is 1.87. The topological polar surface area (TPSA) is 3.24 Å². The highest BCUT2D eigenvalue weighted by atomic mass is 15.2. The summed E-state index contributed by atoms with van der Waals surface area (Å²) in [5.41, 5.74) is 0. The lowest BCUT2D eigenvalue weighted by Crippen LogP contribution is -2.44. The minimum atomic E-state index is 0.676. The largest absolute Gasteiger partial charge is 0.296 e. The zero-order chi connectivity index (χ0) is 9.72. The van der Waals surface area contributed by atoms with Crippen molar-refractivity contribution in [2.45, 2.75) is 72.5 Å². The minimum Gasteiger partial charge on any atom is -0.296 e. The van der Waals surface area contributed by atoms with E-state index in [-0.39, 0.29) is 0 Å². The lowest BCUT2D eigenvalue weighted by Gasteiger charge is -2.37. The molecule has 1 nitrogen and oxygen atoms in total. The van der Waals surface area contributed by atoms with E-state index in [1.54, 1.807) is 0 Å². The first-order chi connectivity index (χ1) is 5.54. The maximum atomic E-state index is 2.61. The quantitative estimate of drug-likeness (QED) is 0.613. The second kappa shape index (κ2) is 5.58. The van der Waals surface area contributed by atoms with Gasteiger partial charge in [-0.05, 0) is 40.5 Å². The van der Waals surface area contributed by atoms with Crippen LogP contribution in [-0.2, 0) is 0 Å². The van der Waals surface area contributed by atoms with Crippen LogP contribution in [0.5, 0.6) is 0 Å². The molecule has 0 heterocycles. The first kappa shape index (κ1) is 12.0. The second-order valence-corrected chi connectivity index (χ2v) is 4.06. The van der Waals surface area contributed by atoms with E-state index >= 15 is 0 Å². The molecule has 74 valence electrons. The van der Waals surface area contributed by atoms with Gasteiger partial charge >= 0.3 is 0 Å². The van der Waals surface area contributed by atoms with E-state index in [4.69, 9.17) is 0 Å². The van der Waals surface area contributed by atoms with E-state index in [9.17, 15) is 0 Å². The molecule has 0 rings (SSSR count). The highest BCUT2D eigenvalue weighted by Crippen LogP contribution is 2.14. The number of rotatable bonds is 5. The van der Waals surface area contributed by atoms with Gasteiger partial charge in [-0.2, -0.15) is 0 Å². The fourth-order valence-corrected chi connectivity index (χ4v) is 1.87. The molecule has 0 aliphatic heterocycles. The Morgan fingerprint density at radius 3 is 1.33 bits per heavy atom. The molecule has 2 unspecified atom stereocenters. The summed E-state index contributed by atoms with van der Waals surface area (Å²) in [6.45, 7) is 13.8. The van der Waals surface area contributed by atoms with Crippen LogP contribution in [0.15, 0.2) is 0 Å². The molecule has 0 spiro atoms. The first-order valence-electron chi connectivity index (χ1n) is 5.31. The zero-order valence-electron chi connectivity index (χ0n) is 9.59. The molecule has 0 aromatic heterocycles. The van der Waals surface area contributed by atoms with Crippen LogP contribution in [0.25, 0.3) is 0 Å². The van der Waals surface area contributed by atoms with Crippen LogP contribution in [0.3, 0.4) is 0 Å². The third kappa shape index (κ3) is 3.14. The average Bonchev–Trinajstić information content (AvgIpc) is 2.03. The van der Waals surface area contributed by atoms with E-state index in [0.717, 1.165) is 12.1 Å². The molecular weight excluding hydrogens is 146 g/mol. The minimum absolute atomic E-state index is 0.676. The van der Waals surface area contributed by atoms with Gasteiger partial charge in [-0.25, -0.2) is 0 Å². The molecule has 0 aliphatic rings. The van der Waals surface area contributed by atoms with Crippen molar-refractivity contribution >= 4 is 0 Å². The fraction of sp³-hybridized carbons (Fsp3) is 1.00. The van der Waals surface area contributed by atoms with Crippen LogP contribution in [0.2, 0.25) is 0 Å². The van der Waals surface area contributed by atoms with Gasteiger partial charge < -0.3 is 0 Å². The van der Waals surface area contributed by atoms with Crippen LogP contribution in [-0.4, -0.2) is 23.0 Å². The highest BCUT2D eigenvalue weighted by Gasteiger charge is 2.19. The van der Waals surface area contributed by atoms with Gasteiger partial charge in [0.1, 0.15) is 0 Å². The van der Waals surface area contributed by atoms with Gasteiger partial charge in [0.2, 0.25) is 0 Å². The Labute approximate surface area is 78.1 Å². The number of nitrogens with zero attached hydrogens (tertiary/aromatic N) is 1. The van der Waals surface area contributed by atoms with Crippen molar-refractivity contribution in [2.24, 2.45) is 0 Å². The summed E-state index contributed by atoms with van der Waals surface area (Å²) in [7, 11) is 0. The maximum Gasteiger partial charge on any atom is 0.00698 e. The molecule has 0 fully saturated rings. The number of hydrogen-bond acceptors (Lipinski definition) is 1. The summed E-state index contributed by atoms with van der Waals surface area (Å²) in [6.07, 6.45) is 2.50. The number of hydrogen-bond donors (Lipinski definition) is 0. The van der Waals surface area contributed by atoms with Gasteiger partial charge in [-0.15, -0.1) is 0 Å². The normalized spacial score (nSPS) is 17.0. The van der Waals surface area contributed by atoms with Crippen molar-refractivity contribution in [3.63, 3.8) is 0 Å². The molecule has 0 amide bonds. The van der Waals surface area contributed by atoms with Gasteiger partial charge in [0.25, 0.3) is 0 Å². The van der Waals surface area contributed by atoms with E-state index in [1.165, 1.54) is 12.8 Å². The molecule has 0 saturated heterocycles. The maximum absolute atomic E-state index is 2.61. The van der Waals surface area contributed by atoms with Crippen molar-refractivity contribution in [3.8, 4) is 0 Å². The molecule has 2 atom stereocenters. The molecule has 0 aliphatic carbocycles. The van der Waals surface area contributed by atoms with E-state index in [0.29, 0.717) is 6.04 Å². The molecule has 0 bridgehead atoms. The summed E-state index contributed by atoms with van der Waals surface area (Å²) in [5, 5.41) is 0. The molecule has 0 aromatic rings. The van der Waals surface area contributed by atoms with E-state index in [2.05, 4.69) is 46.4 Å². The third-order valence-electron chi connectivity index (χ3n) is 2.80. The van der Waals surface area contributed by atoms with Gasteiger partial charge in [0.05, 0.1) is 0 Å². The van der Waals surface area contributed by atoms with Crippen molar-refractivity contribution in [1.29, 1.82) is 0 Å². The lowest BCUT2D eigenvalue weighted by molar-refractivity contribution is 0.107. The molecular formula is C11H25N. The van der Waals surface area contributed by atoms with Crippen LogP contribution in [0.4, 0.5) is 0 Å². The predicted octanol–water partition coefficient (Wildman–Crippen LogP) is 3.29. The summed E-state index contributed by atoms with van der Waals surface area (Å²) in [5.74, 6) is 0. The molecule has 0 N–H and O–H groups in total. The van der Waals surface area contributed by atoms with Crippen LogP contribution in [0.1, 0.15) is 54.4 Å². The first-order valence-corrected chi connectivity index (χ1v) is 5.31. The Bertz CT molecular complexity index is 99.6. The SMILES string of the molecule is CCC(C)N(C(C)C)C(C)CC. The lowest BCUT2D eigenvalue weighted by atomic mass is 10.1. The molecule has 1 heteroatoms. The summed E-state index contributed by atoms with van der Waals surface area (Å²) in [6, 6.07) is 2.12. The Morgan fingerprint density at radius 2 is 1.17 bits per heavy atom. The highest BCUT2D eigenvalue weighted by molar-refractivity contribution is 4.74. The van der Waals surface area contributed by atoms with Crippen LogP contribution >= 0.6 is 0 Å². The molecule has 0 saturated carbocycles. The van der Waals surface area contributed by atoms with Crippen molar-refractivity contribution < 1.29 is 0 Å². The van der Waals surface area contributed by atoms with Gasteiger partial charge in [0.15, 0.2) is 0 Å². The Morgan fingerprint density at radius 1 is 0.833 bits per heavy atom. The van der Waals surface area contributed by atoms with Crippen LogP contribution in [0, 0.1) is 0 Å². The predicted molar refractivity (Wildman–Crippen MR) is 56.5 cm³/mol. The summed E-state index contributed by atoms with van der Waals surface area (Å²) in [4.78, 5) is 2.61. The Kier molecular flexibility index (Phi) is 5.56. The summed E-state index contributed by atoms with van der Waals surface area (Å²) < 4.78 is 0. The van der Waals surface area contributed by atoms with Crippen molar-refractivity contribution in [3.05, 3.63) is 0 Å². The molecule has 12 heavy (non-hydrogen) atoms. The van der Waals surface area contributed by atoms with Gasteiger partial charge in [0, 0.05) is 18.1 Å². The van der Waals surface area contributed by atoms with Crippen LogP contribution < -0.4 is 0 Å². The summed E-state index contributed by atoms with van der Waals surface area (Å²) >= 11 is 0. The molecule has 0 aromatic carbocycles. The smallest absolute Gasteiger partial charge is 0.00698 e. The van der Waals surface area contributed by atoms with Gasteiger partial charge in [-0.3, -0.25) is 4.90 Å². The standard InChI is InChI=1S/C11H25N/c1-7-10(5)12(9(3)4)11(6)8-2/h9-11H,7-8H2,1-6H3. The van der Waals surface area contributed by atoms with Crippen molar-refractivity contribution in [2.75, 3.05) is 0 Å².